The number of aliphatic carboxylic acids is 1. The van der Waals surface area contributed by atoms with Crippen LogP contribution in [0.3, 0.4) is 0 Å². The van der Waals surface area contributed by atoms with E-state index in [1.807, 2.05) is 0 Å². The van der Waals surface area contributed by atoms with Gasteiger partial charge in [0.15, 0.2) is 0 Å². The van der Waals surface area contributed by atoms with Gasteiger partial charge in [-0.25, -0.2) is 0 Å². The second-order valence-corrected chi connectivity index (χ2v) is 3.81. The van der Waals surface area contributed by atoms with Gasteiger partial charge in [-0.2, -0.15) is 0 Å². The molecule has 0 aromatic rings. The average molecular weight is 250 g/mol. The molecule has 2 amide bonds. The van der Waals surface area contributed by atoms with E-state index < -0.39 is 10.8 Å². The van der Waals surface area contributed by atoms with Crippen molar-refractivity contribution in [2.24, 2.45) is 0 Å². The molecule has 1 saturated heterocycles. The topological polar surface area (TPSA) is 74.7 Å². The second kappa shape index (κ2) is 3.87. The lowest BCUT2D eigenvalue weighted by atomic mass is 10.4. The maximum absolute atomic E-state index is 11.0. The van der Waals surface area contributed by atoms with Crippen molar-refractivity contribution in [3.8, 4) is 0 Å². The number of imide groups is 1. The summed E-state index contributed by atoms with van der Waals surface area (Å²) in [6, 6.07) is 0. The first kappa shape index (κ1) is 10.2. The van der Waals surface area contributed by atoms with Gasteiger partial charge in [-0.3, -0.25) is 19.3 Å². The van der Waals surface area contributed by atoms with Gasteiger partial charge in [-0.1, -0.05) is 15.9 Å². The number of carbonyl (C=O) groups is 3. The van der Waals surface area contributed by atoms with Crippen LogP contribution in [0.1, 0.15) is 12.8 Å². The Kier molecular flexibility index (Phi) is 3.02. The van der Waals surface area contributed by atoms with E-state index in [4.69, 9.17) is 5.11 Å². The average Bonchev–Trinajstić information content (AvgIpc) is 2.35. The summed E-state index contributed by atoms with van der Waals surface area (Å²) in [4.78, 5) is 32.6. The van der Waals surface area contributed by atoms with Gasteiger partial charge in [0.05, 0.1) is 6.54 Å². The summed E-state index contributed by atoms with van der Waals surface area (Å²) < 4.78 is 0. The lowest BCUT2D eigenvalue weighted by Gasteiger charge is -2.14. The minimum Gasteiger partial charge on any atom is -0.480 e. The quantitative estimate of drug-likeness (QED) is 0.564. The fourth-order valence-corrected chi connectivity index (χ4v) is 1.35. The van der Waals surface area contributed by atoms with Gasteiger partial charge in [-0.15, -0.1) is 0 Å². The summed E-state index contributed by atoms with van der Waals surface area (Å²) in [6.45, 7) is -0.0903. The zero-order valence-corrected chi connectivity index (χ0v) is 8.28. The predicted octanol–water partition coefficient (Wildman–Crippen LogP) is -0.0165. The molecular formula is C7H8BrNO4. The van der Waals surface area contributed by atoms with E-state index in [0.29, 0.717) is 0 Å². The van der Waals surface area contributed by atoms with E-state index in [1.165, 1.54) is 0 Å². The molecule has 1 unspecified atom stereocenters. The van der Waals surface area contributed by atoms with Crippen LogP contribution >= 0.6 is 15.9 Å². The number of amides is 2. The van der Waals surface area contributed by atoms with E-state index in [1.54, 1.807) is 0 Å². The van der Waals surface area contributed by atoms with Crippen LogP contribution in [0.4, 0.5) is 0 Å². The number of nitrogens with zero attached hydrogens (tertiary/aromatic N) is 1. The van der Waals surface area contributed by atoms with Gasteiger partial charge < -0.3 is 5.11 Å². The molecule has 13 heavy (non-hydrogen) atoms. The molecule has 1 aliphatic rings. The molecule has 1 atom stereocenters. The molecule has 0 saturated carbocycles. The van der Waals surface area contributed by atoms with Crippen molar-refractivity contribution in [1.29, 1.82) is 0 Å². The lowest BCUT2D eigenvalue weighted by molar-refractivity contribution is -0.140. The van der Waals surface area contributed by atoms with Crippen LogP contribution in [0, 0.1) is 0 Å². The van der Waals surface area contributed by atoms with Crippen LogP contribution in [0.25, 0.3) is 0 Å². The van der Waals surface area contributed by atoms with Gasteiger partial charge in [0.25, 0.3) is 0 Å². The summed E-state index contributed by atoms with van der Waals surface area (Å²) in [5.41, 5.74) is 0. The van der Waals surface area contributed by atoms with Crippen LogP contribution in [-0.2, 0) is 14.4 Å². The van der Waals surface area contributed by atoms with Gasteiger partial charge >= 0.3 is 5.97 Å². The Labute approximate surface area is 82.8 Å². The summed E-state index contributed by atoms with van der Waals surface area (Å²) in [7, 11) is 0. The SMILES string of the molecule is O=C(O)C(Br)CN1C(=O)CCC1=O. The van der Waals surface area contributed by atoms with Crippen molar-refractivity contribution in [3.63, 3.8) is 0 Å². The maximum atomic E-state index is 11.0. The van der Waals surface area contributed by atoms with E-state index in [-0.39, 0.29) is 31.2 Å². The van der Waals surface area contributed by atoms with Crippen LogP contribution in [-0.4, -0.2) is 39.2 Å². The number of carbonyl (C=O) groups excluding carboxylic acids is 2. The zero-order chi connectivity index (χ0) is 10.0. The minimum absolute atomic E-state index is 0.0903. The highest BCUT2D eigenvalue weighted by molar-refractivity contribution is 9.10. The van der Waals surface area contributed by atoms with Crippen LogP contribution < -0.4 is 0 Å². The van der Waals surface area contributed by atoms with E-state index in [0.717, 1.165) is 4.90 Å². The van der Waals surface area contributed by atoms with E-state index >= 15 is 0 Å². The zero-order valence-electron chi connectivity index (χ0n) is 6.70. The monoisotopic (exact) mass is 249 g/mol. The van der Waals surface area contributed by atoms with E-state index in [9.17, 15) is 14.4 Å². The first-order valence-corrected chi connectivity index (χ1v) is 4.64. The number of carboxylic acid groups (broad SMARTS) is 1. The lowest BCUT2D eigenvalue weighted by Crippen LogP contribution is -2.37. The van der Waals surface area contributed by atoms with Crippen molar-refractivity contribution in [2.45, 2.75) is 17.7 Å². The summed E-state index contributed by atoms with van der Waals surface area (Å²) in [5, 5.41) is 8.52. The fraction of sp³-hybridized carbons (Fsp3) is 0.571. The number of hydrogen-bond donors (Lipinski definition) is 1. The largest absolute Gasteiger partial charge is 0.480 e. The molecule has 0 bridgehead atoms. The molecule has 1 heterocycles. The van der Waals surface area contributed by atoms with Crippen LogP contribution in [0.15, 0.2) is 0 Å². The number of alkyl halides is 1. The highest BCUT2D eigenvalue weighted by Crippen LogP contribution is 2.14. The van der Waals surface area contributed by atoms with Crippen molar-refractivity contribution < 1.29 is 19.5 Å². The van der Waals surface area contributed by atoms with Gasteiger partial charge in [0.2, 0.25) is 11.8 Å². The van der Waals surface area contributed by atoms with Crippen LogP contribution in [0.5, 0.6) is 0 Å². The molecule has 72 valence electrons. The number of hydrogen-bond acceptors (Lipinski definition) is 3. The normalized spacial score (nSPS) is 19.3. The highest BCUT2D eigenvalue weighted by atomic mass is 79.9. The summed E-state index contributed by atoms with van der Waals surface area (Å²) in [6.07, 6.45) is 0.385. The number of rotatable bonds is 3. The van der Waals surface area contributed by atoms with E-state index in [2.05, 4.69) is 15.9 Å². The molecule has 5 nitrogen and oxygen atoms in total. The molecule has 0 aromatic carbocycles. The third kappa shape index (κ3) is 2.27. The standard InChI is InChI=1S/C7H8BrNO4/c8-4(7(12)13)3-9-5(10)1-2-6(9)11/h4H,1-3H2,(H,12,13). The molecule has 0 spiro atoms. The Balaban J connectivity index is 2.57. The Morgan fingerprint density at radius 1 is 1.46 bits per heavy atom. The van der Waals surface area contributed by atoms with Crippen LogP contribution in [0.2, 0.25) is 0 Å². The second-order valence-electron chi connectivity index (χ2n) is 2.70. The van der Waals surface area contributed by atoms with Crippen molar-refractivity contribution in [3.05, 3.63) is 0 Å². The molecule has 0 aliphatic carbocycles. The molecule has 0 aromatic heterocycles. The van der Waals surface area contributed by atoms with Gasteiger partial charge in [-0.05, 0) is 0 Å². The third-order valence-electron chi connectivity index (χ3n) is 1.77. The molecular weight excluding hydrogens is 242 g/mol. The maximum Gasteiger partial charge on any atom is 0.319 e. The summed E-state index contributed by atoms with van der Waals surface area (Å²) >= 11 is 2.86. The molecule has 0 radical (unpaired) electrons. The number of halogens is 1. The Morgan fingerprint density at radius 2 is 1.92 bits per heavy atom. The summed E-state index contributed by atoms with van der Waals surface area (Å²) in [5.74, 6) is -1.67. The molecule has 1 aliphatic heterocycles. The van der Waals surface area contributed by atoms with Crippen molar-refractivity contribution in [1.82, 2.24) is 4.90 Å². The minimum atomic E-state index is -1.08. The molecule has 1 fully saturated rings. The number of carboxylic acids is 1. The number of likely N-dealkylation sites (tertiary alicyclic amines) is 1. The first-order chi connectivity index (χ1) is 6.02. The third-order valence-corrected chi connectivity index (χ3v) is 2.45. The Hall–Kier alpha value is -0.910. The fourth-order valence-electron chi connectivity index (χ4n) is 1.06. The molecule has 6 heteroatoms. The van der Waals surface area contributed by atoms with Crippen molar-refractivity contribution >= 4 is 33.7 Å². The Morgan fingerprint density at radius 3 is 2.31 bits per heavy atom. The van der Waals surface area contributed by atoms with Crippen molar-refractivity contribution in [2.75, 3.05) is 6.54 Å². The first-order valence-electron chi connectivity index (χ1n) is 3.72. The van der Waals surface area contributed by atoms with Gasteiger partial charge in [0, 0.05) is 12.8 Å². The Bertz CT molecular complexity index is 249. The smallest absolute Gasteiger partial charge is 0.319 e. The predicted molar refractivity (Wildman–Crippen MR) is 46.3 cm³/mol. The molecule has 1 N–H and O–H groups in total. The van der Waals surface area contributed by atoms with Gasteiger partial charge in [0.1, 0.15) is 4.83 Å². The molecule has 1 rings (SSSR count). The highest BCUT2D eigenvalue weighted by Gasteiger charge is 2.31.